The molecule has 1 aromatic heterocycles. The average Bonchev–Trinajstić information content (AvgIpc) is 3.32. The zero-order valence-corrected chi connectivity index (χ0v) is 17.6. The first-order valence-electron chi connectivity index (χ1n) is 10.2. The number of nitrogens with one attached hydrogen (secondary N) is 2. The van der Waals surface area contributed by atoms with Gasteiger partial charge in [0, 0.05) is 18.3 Å². The van der Waals surface area contributed by atoms with E-state index in [-0.39, 0.29) is 12.5 Å². The number of para-hydroxylation sites is 2. The molecule has 0 bridgehead atoms. The minimum atomic E-state index is -0.745. The van der Waals surface area contributed by atoms with E-state index < -0.39 is 6.10 Å². The number of hydrogen-bond donors (Lipinski definition) is 2. The van der Waals surface area contributed by atoms with E-state index in [1.54, 1.807) is 12.3 Å². The molecule has 0 fully saturated rings. The molecule has 2 heterocycles. The monoisotopic (exact) mass is 422 g/mol. The highest BCUT2D eigenvalue weighted by Gasteiger charge is 2.28. The molecule has 0 unspecified atom stereocenters. The van der Waals surface area contributed by atoms with Crippen molar-refractivity contribution in [2.75, 3.05) is 39.2 Å². The van der Waals surface area contributed by atoms with E-state index in [0.717, 1.165) is 24.1 Å². The van der Waals surface area contributed by atoms with Crippen LogP contribution in [0.4, 0.5) is 5.69 Å². The number of nitrogens with zero attached hydrogens (tertiary/aromatic N) is 2. The molecule has 1 aliphatic heterocycles. The van der Waals surface area contributed by atoms with Crippen LogP contribution < -0.4 is 19.5 Å². The van der Waals surface area contributed by atoms with Gasteiger partial charge in [0.15, 0.2) is 11.5 Å². The summed E-state index contributed by atoms with van der Waals surface area (Å²) in [6, 6.07) is 13.0. The molecule has 1 atom stereocenters. The predicted octanol–water partition coefficient (Wildman–Crippen LogP) is 3.19. The van der Waals surface area contributed by atoms with Crippen LogP contribution in [0.25, 0.3) is 11.1 Å². The van der Waals surface area contributed by atoms with Crippen LogP contribution in [0.3, 0.4) is 0 Å². The SMILES string of the molecule is CN(C)CCCOc1cc(-c2cn[nH]c2)ccc1NC(=O)[C@@H]1COc2ccccc2O1. The fourth-order valence-electron chi connectivity index (χ4n) is 3.26. The number of ether oxygens (including phenoxy) is 3. The van der Waals surface area contributed by atoms with Gasteiger partial charge < -0.3 is 24.4 Å². The summed E-state index contributed by atoms with van der Waals surface area (Å²) in [6.07, 6.45) is 3.68. The van der Waals surface area contributed by atoms with Gasteiger partial charge in [-0.2, -0.15) is 5.10 Å². The van der Waals surface area contributed by atoms with Gasteiger partial charge in [-0.15, -0.1) is 0 Å². The summed E-state index contributed by atoms with van der Waals surface area (Å²) in [4.78, 5) is 15.0. The summed E-state index contributed by atoms with van der Waals surface area (Å²) < 4.78 is 17.5. The second-order valence-corrected chi connectivity index (χ2v) is 7.56. The molecule has 0 aliphatic carbocycles. The molecule has 162 valence electrons. The van der Waals surface area contributed by atoms with Crippen molar-refractivity contribution in [3.05, 3.63) is 54.9 Å². The molecule has 1 aliphatic rings. The summed E-state index contributed by atoms with van der Waals surface area (Å²) in [5.41, 5.74) is 2.47. The zero-order chi connectivity index (χ0) is 21.6. The van der Waals surface area contributed by atoms with E-state index in [0.29, 0.717) is 29.5 Å². The minimum absolute atomic E-state index is 0.148. The van der Waals surface area contributed by atoms with Gasteiger partial charge in [0.2, 0.25) is 6.10 Å². The molecule has 3 aromatic rings. The van der Waals surface area contributed by atoms with Gasteiger partial charge in [0.1, 0.15) is 12.4 Å². The fourth-order valence-corrected chi connectivity index (χ4v) is 3.26. The Bertz CT molecular complexity index is 1020. The smallest absolute Gasteiger partial charge is 0.269 e. The Labute approximate surface area is 181 Å². The maximum Gasteiger partial charge on any atom is 0.269 e. The Balaban J connectivity index is 1.48. The molecule has 0 spiro atoms. The molecule has 2 aromatic carbocycles. The summed E-state index contributed by atoms with van der Waals surface area (Å²) >= 11 is 0. The third kappa shape index (κ3) is 5.16. The predicted molar refractivity (Wildman–Crippen MR) is 118 cm³/mol. The van der Waals surface area contributed by atoms with Gasteiger partial charge in [-0.25, -0.2) is 0 Å². The van der Waals surface area contributed by atoms with Crippen LogP contribution in [0.5, 0.6) is 17.2 Å². The van der Waals surface area contributed by atoms with Crippen LogP contribution in [-0.2, 0) is 4.79 Å². The second-order valence-electron chi connectivity index (χ2n) is 7.56. The summed E-state index contributed by atoms with van der Waals surface area (Å²) in [7, 11) is 4.05. The summed E-state index contributed by atoms with van der Waals surface area (Å²) in [5, 5.41) is 9.75. The quantitative estimate of drug-likeness (QED) is 0.542. The van der Waals surface area contributed by atoms with Crippen molar-refractivity contribution < 1.29 is 19.0 Å². The lowest BCUT2D eigenvalue weighted by atomic mass is 10.1. The van der Waals surface area contributed by atoms with E-state index in [1.807, 2.05) is 56.7 Å². The van der Waals surface area contributed by atoms with Crippen molar-refractivity contribution in [3.8, 4) is 28.4 Å². The molecular weight excluding hydrogens is 396 g/mol. The van der Waals surface area contributed by atoms with Crippen LogP contribution >= 0.6 is 0 Å². The van der Waals surface area contributed by atoms with Crippen LogP contribution in [0.15, 0.2) is 54.9 Å². The molecule has 8 nitrogen and oxygen atoms in total. The highest BCUT2D eigenvalue weighted by atomic mass is 16.6. The average molecular weight is 422 g/mol. The molecular formula is C23H26N4O4. The molecule has 31 heavy (non-hydrogen) atoms. The van der Waals surface area contributed by atoms with Gasteiger partial charge in [0.05, 0.1) is 18.5 Å². The number of benzene rings is 2. The van der Waals surface area contributed by atoms with Gasteiger partial charge in [0.25, 0.3) is 5.91 Å². The maximum atomic E-state index is 12.9. The Morgan fingerprint density at radius 1 is 1.23 bits per heavy atom. The van der Waals surface area contributed by atoms with Crippen molar-refractivity contribution in [1.82, 2.24) is 15.1 Å². The molecule has 0 saturated heterocycles. The number of hydrogen-bond acceptors (Lipinski definition) is 6. The number of anilines is 1. The highest BCUT2D eigenvalue weighted by Crippen LogP contribution is 2.33. The molecule has 1 amide bonds. The molecule has 8 heteroatoms. The van der Waals surface area contributed by atoms with E-state index in [1.165, 1.54) is 0 Å². The topological polar surface area (TPSA) is 88.7 Å². The third-order valence-electron chi connectivity index (χ3n) is 4.88. The minimum Gasteiger partial charge on any atom is -0.491 e. The molecule has 4 rings (SSSR count). The number of fused-ring (bicyclic) bond motifs is 1. The number of carbonyl (C=O) groups is 1. The number of carbonyl (C=O) groups excluding carboxylic acids is 1. The van der Waals surface area contributed by atoms with Gasteiger partial charge in [-0.3, -0.25) is 9.89 Å². The first-order chi connectivity index (χ1) is 15.1. The van der Waals surface area contributed by atoms with Crippen molar-refractivity contribution in [2.45, 2.75) is 12.5 Å². The molecule has 2 N–H and O–H groups in total. The van der Waals surface area contributed by atoms with E-state index in [4.69, 9.17) is 14.2 Å². The number of amides is 1. The largest absolute Gasteiger partial charge is 0.491 e. The Kier molecular flexibility index (Phi) is 6.37. The van der Waals surface area contributed by atoms with Crippen LogP contribution in [-0.4, -0.2) is 61.0 Å². The lowest BCUT2D eigenvalue weighted by Gasteiger charge is -2.26. The Morgan fingerprint density at radius 3 is 2.84 bits per heavy atom. The Hall–Kier alpha value is -3.52. The van der Waals surface area contributed by atoms with Crippen molar-refractivity contribution in [3.63, 3.8) is 0 Å². The highest BCUT2D eigenvalue weighted by molar-refractivity contribution is 5.96. The van der Waals surface area contributed by atoms with Crippen LogP contribution in [0.1, 0.15) is 6.42 Å². The molecule has 0 saturated carbocycles. The van der Waals surface area contributed by atoms with Gasteiger partial charge in [-0.1, -0.05) is 18.2 Å². The van der Waals surface area contributed by atoms with Crippen LogP contribution in [0, 0.1) is 0 Å². The second kappa shape index (κ2) is 9.53. The lowest BCUT2D eigenvalue weighted by Crippen LogP contribution is -2.40. The van der Waals surface area contributed by atoms with E-state index >= 15 is 0 Å². The number of aromatic nitrogens is 2. The van der Waals surface area contributed by atoms with Gasteiger partial charge >= 0.3 is 0 Å². The maximum absolute atomic E-state index is 12.9. The summed E-state index contributed by atoms with van der Waals surface area (Å²) in [6.45, 7) is 1.59. The van der Waals surface area contributed by atoms with Crippen molar-refractivity contribution in [1.29, 1.82) is 0 Å². The van der Waals surface area contributed by atoms with E-state index in [9.17, 15) is 4.79 Å². The van der Waals surface area contributed by atoms with Crippen molar-refractivity contribution in [2.24, 2.45) is 0 Å². The van der Waals surface area contributed by atoms with Gasteiger partial charge in [-0.05, 0) is 50.3 Å². The molecule has 0 radical (unpaired) electrons. The standard InChI is InChI=1S/C23H26N4O4/c1-27(2)10-5-11-29-21-12-16(17-13-24-25-14-17)8-9-18(21)26-23(28)22-15-30-19-6-3-4-7-20(19)31-22/h3-4,6-9,12-14,22H,5,10-11,15H2,1-2H3,(H,24,25)(H,26,28)/t22-/m0/s1. The third-order valence-corrected chi connectivity index (χ3v) is 4.88. The zero-order valence-electron chi connectivity index (χ0n) is 17.6. The lowest BCUT2D eigenvalue weighted by molar-refractivity contribution is -0.125. The first kappa shape index (κ1) is 20.7. The number of aromatic amines is 1. The number of H-pyrrole nitrogens is 1. The Morgan fingerprint density at radius 2 is 2.06 bits per heavy atom. The fraction of sp³-hybridized carbons (Fsp3) is 0.304. The number of rotatable bonds is 8. The normalized spacial score (nSPS) is 15.0. The first-order valence-corrected chi connectivity index (χ1v) is 10.2. The summed E-state index contributed by atoms with van der Waals surface area (Å²) in [5.74, 6) is 1.51. The van der Waals surface area contributed by atoms with Crippen molar-refractivity contribution >= 4 is 11.6 Å². The van der Waals surface area contributed by atoms with E-state index in [2.05, 4.69) is 20.4 Å². The van der Waals surface area contributed by atoms with Crippen LogP contribution in [0.2, 0.25) is 0 Å².